The van der Waals surface area contributed by atoms with Crippen molar-refractivity contribution in [3.8, 4) is 0 Å². The molecule has 0 saturated heterocycles. The smallest absolute Gasteiger partial charge is 0.238 e. The molecule has 0 bridgehead atoms. The third-order valence-corrected chi connectivity index (χ3v) is 4.39. The van der Waals surface area contributed by atoms with E-state index >= 15 is 0 Å². The molecule has 0 saturated carbocycles. The van der Waals surface area contributed by atoms with E-state index in [2.05, 4.69) is 30.4 Å². The summed E-state index contributed by atoms with van der Waals surface area (Å²) in [7, 11) is -3.61. The van der Waals surface area contributed by atoms with Gasteiger partial charge in [0, 0.05) is 6.54 Å². The Morgan fingerprint density at radius 2 is 1.74 bits per heavy atom. The number of sulfonamides is 1. The van der Waals surface area contributed by atoms with Crippen LogP contribution >= 0.6 is 0 Å². The van der Waals surface area contributed by atoms with E-state index in [0.717, 1.165) is 25.1 Å². The molecule has 0 fully saturated rings. The van der Waals surface area contributed by atoms with Crippen molar-refractivity contribution >= 4 is 16.1 Å². The van der Waals surface area contributed by atoms with Crippen LogP contribution < -0.4 is 10.5 Å². The Morgan fingerprint density at radius 1 is 1.09 bits per heavy atom. The van der Waals surface area contributed by atoms with Crippen molar-refractivity contribution in [2.75, 3.05) is 13.1 Å². The first-order valence-corrected chi connectivity index (χ1v) is 9.04. The highest BCUT2D eigenvalue weighted by atomic mass is 32.2. The molecule has 0 aliphatic rings. The molecule has 0 spiro atoms. The molecule has 0 aliphatic heterocycles. The van der Waals surface area contributed by atoms with Crippen LogP contribution in [0.25, 0.3) is 6.08 Å². The molecule has 0 aliphatic carbocycles. The first-order chi connectivity index (χ1) is 10.9. The van der Waals surface area contributed by atoms with Crippen molar-refractivity contribution in [1.82, 2.24) is 5.32 Å². The SMILES string of the molecule is C/C(=C/c1ccccc1)CNCCc1ccc(S(N)(=O)=O)cc1. The van der Waals surface area contributed by atoms with Crippen LogP contribution in [-0.4, -0.2) is 21.5 Å². The number of nitrogens with two attached hydrogens (primary N) is 1. The van der Waals surface area contributed by atoms with E-state index in [4.69, 9.17) is 5.14 Å². The average molecular weight is 330 g/mol. The van der Waals surface area contributed by atoms with E-state index < -0.39 is 10.0 Å². The summed E-state index contributed by atoms with van der Waals surface area (Å²) in [5.74, 6) is 0. The van der Waals surface area contributed by atoms with E-state index in [-0.39, 0.29) is 4.90 Å². The highest BCUT2D eigenvalue weighted by Crippen LogP contribution is 2.09. The van der Waals surface area contributed by atoms with Gasteiger partial charge in [-0.15, -0.1) is 0 Å². The van der Waals surface area contributed by atoms with Gasteiger partial charge in [0.05, 0.1) is 4.90 Å². The molecule has 3 N–H and O–H groups in total. The van der Waals surface area contributed by atoms with Gasteiger partial charge >= 0.3 is 0 Å². The average Bonchev–Trinajstić information content (AvgIpc) is 2.52. The fraction of sp³-hybridized carbons (Fsp3) is 0.222. The summed E-state index contributed by atoms with van der Waals surface area (Å²) in [5.41, 5.74) is 3.54. The summed E-state index contributed by atoms with van der Waals surface area (Å²) in [6.45, 7) is 3.75. The van der Waals surface area contributed by atoms with Crippen LogP contribution in [0.2, 0.25) is 0 Å². The number of benzene rings is 2. The Hall–Kier alpha value is -1.95. The first kappa shape index (κ1) is 17.4. The van der Waals surface area contributed by atoms with E-state index in [1.165, 1.54) is 11.1 Å². The summed E-state index contributed by atoms with van der Waals surface area (Å²) >= 11 is 0. The lowest BCUT2D eigenvalue weighted by molar-refractivity contribution is 0.597. The van der Waals surface area contributed by atoms with Crippen LogP contribution in [0.15, 0.2) is 65.1 Å². The molecule has 0 radical (unpaired) electrons. The van der Waals surface area contributed by atoms with Gasteiger partial charge < -0.3 is 5.32 Å². The van der Waals surface area contributed by atoms with E-state index in [0.29, 0.717) is 0 Å². The zero-order valence-electron chi connectivity index (χ0n) is 13.2. The maximum absolute atomic E-state index is 11.2. The van der Waals surface area contributed by atoms with Gasteiger partial charge in [0.1, 0.15) is 0 Å². The minimum atomic E-state index is -3.61. The van der Waals surface area contributed by atoms with Crippen LogP contribution in [0, 0.1) is 0 Å². The largest absolute Gasteiger partial charge is 0.313 e. The lowest BCUT2D eigenvalue weighted by atomic mass is 10.1. The van der Waals surface area contributed by atoms with Gasteiger partial charge in [0.25, 0.3) is 0 Å². The van der Waals surface area contributed by atoms with Gasteiger partial charge in [-0.3, -0.25) is 0 Å². The zero-order chi connectivity index (χ0) is 16.7. The van der Waals surface area contributed by atoms with E-state index in [1.54, 1.807) is 24.3 Å². The van der Waals surface area contributed by atoms with Crippen molar-refractivity contribution < 1.29 is 8.42 Å². The van der Waals surface area contributed by atoms with Gasteiger partial charge in [0.2, 0.25) is 10.0 Å². The van der Waals surface area contributed by atoms with Gasteiger partial charge in [-0.2, -0.15) is 0 Å². The number of hydrogen-bond acceptors (Lipinski definition) is 3. The maximum Gasteiger partial charge on any atom is 0.238 e. The second-order valence-electron chi connectivity index (χ2n) is 5.52. The molecule has 5 heteroatoms. The number of nitrogens with one attached hydrogen (secondary N) is 1. The number of hydrogen-bond donors (Lipinski definition) is 2. The standard InChI is InChI=1S/C18H22N2O2S/c1-15(13-17-5-3-2-4-6-17)14-20-12-11-16-7-9-18(10-8-16)23(19,21)22/h2-10,13,20H,11-12,14H2,1H3,(H2,19,21,22)/b15-13-. The van der Waals surface area contributed by atoms with Crippen LogP contribution in [-0.2, 0) is 16.4 Å². The van der Waals surface area contributed by atoms with Crippen LogP contribution in [0.4, 0.5) is 0 Å². The summed E-state index contributed by atoms with van der Waals surface area (Å²) in [6, 6.07) is 16.9. The minimum Gasteiger partial charge on any atom is -0.313 e. The Morgan fingerprint density at radius 3 is 2.35 bits per heavy atom. The molecule has 23 heavy (non-hydrogen) atoms. The van der Waals surface area contributed by atoms with E-state index in [1.807, 2.05) is 18.2 Å². The monoisotopic (exact) mass is 330 g/mol. The molecule has 0 amide bonds. The summed E-state index contributed by atoms with van der Waals surface area (Å²) in [5, 5.41) is 8.47. The van der Waals surface area contributed by atoms with Crippen molar-refractivity contribution in [1.29, 1.82) is 0 Å². The Kier molecular flexibility index (Phi) is 6.10. The van der Waals surface area contributed by atoms with Gasteiger partial charge in [-0.25, -0.2) is 13.6 Å². The van der Waals surface area contributed by atoms with Crippen molar-refractivity contribution in [2.45, 2.75) is 18.2 Å². The quantitative estimate of drug-likeness (QED) is 0.766. The third kappa shape index (κ3) is 5.98. The molecule has 2 aromatic carbocycles. The predicted molar refractivity (Wildman–Crippen MR) is 94.5 cm³/mol. The third-order valence-electron chi connectivity index (χ3n) is 3.46. The summed E-state index contributed by atoms with van der Waals surface area (Å²) < 4.78 is 22.4. The molecular weight excluding hydrogens is 308 g/mol. The Labute approximate surface area is 138 Å². The molecule has 2 aromatic rings. The summed E-state index contributed by atoms with van der Waals surface area (Å²) in [4.78, 5) is 0.149. The molecule has 122 valence electrons. The fourth-order valence-electron chi connectivity index (χ4n) is 2.25. The molecular formula is C18H22N2O2S. The molecule has 0 atom stereocenters. The number of primary sulfonamides is 1. The molecule has 0 unspecified atom stereocenters. The summed E-state index contributed by atoms with van der Waals surface area (Å²) in [6.07, 6.45) is 3.00. The zero-order valence-corrected chi connectivity index (χ0v) is 14.0. The fourth-order valence-corrected chi connectivity index (χ4v) is 2.76. The van der Waals surface area contributed by atoms with Gasteiger partial charge in [0.15, 0.2) is 0 Å². The molecule has 2 rings (SSSR count). The topological polar surface area (TPSA) is 72.2 Å². The van der Waals surface area contributed by atoms with Crippen LogP contribution in [0.5, 0.6) is 0 Å². The second kappa shape index (κ2) is 8.06. The van der Waals surface area contributed by atoms with Crippen molar-refractivity contribution in [2.24, 2.45) is 5.14 Å². The lowest BCUT2D eigenvalue weighted by Crippen LogP contribution is -2.19. The Balaban J connectivity index is 1.78. The Bertz CT molecular complexity index is 751. The number of rotatable bonds is 7. The van der Waals surface area contributed by atoms with Crippen LogP contribution in [0.1, 0.15) is 18.1 Å². The normalized spacial score (nSPS) is 12.3. The molecule has 4 nitrogen and oxygen atoms in total. The van der Waals surface area contributed by atoms with Gasteiger partial charge in [-0.1, -0.05) is 54.1 Å². The lowest BCUT2D eigenvalue weighted by Gasteiger charge is -2.06. The van der Waals surface area contributed by atoms with Crippen molar-refractivity contribution in [3.63, 3.8) is 0 Å². The highest BCUT2D eigenvalue weighted by Gasteiger charge is 2.06. The highest BCUT2D eigenvalue weighted by molar-refractivity contribution is 7.89. The molecule has 0 aromatic heterocycles. The van der Waals surface area contributed by atoms with Gasteiger partial charge in [-0.05, 0) is 43.1 Å². The molecule has 0 heterocycles. The maximum atomic E-state index is 11.2. The second-order valence-corrected chi connectivity index (χ2v) is 7.08. The minimum absolute atomic E-state index is 0.149. The van der Waals surface area contributed by atoms with Crippen molar-refractivity contribution in [3.05, 3.63) is 71.3 Å². The van der Waals surface area contributed by atoms with E-state index in [9.17, 15) is 8.42 Å². The predicted octanol–water partition coefficient (Wildman–Crippen LogP) is 2.57. The van der Waals surface area contributed by atoms with Crippen LogP contribution in [0.3, 0.4) is 0 Å². The first-order valence-electron chi connectivity index (χ1n) is 7.50.